The number of rotatable bonds is 6. The minimum atomic E-state index is -4.79. The Kier molecular flexibility index (Phi) is 5.17. The summed E-state index contributed by atoms with van der Waals surface area (Å²) in [4.78, 5) is 14.7. The topological polar surface area (TPSA) is 61.8 Å². The van der Waals surface area contributed by atoms with Gasteiger partial charge in [0.2, 0.25) is 0 Å². The first-order valence-corrected chi connectivity index (χ1v) is 10.8. The van der Waals surface area contributed by atoms with Gasteiger partial charge in [-0.3, -0.25) is 9.69 Å². The van der Waals surface area contributed by atoms with E-state index in [4.69, 9.17) is 0 Å². The van der Waals surface area contributed by atoms with Crippen molar-refractivity contribution in [3.8, 4) is 5.75 Å². The van der Waals surface area contributed by atoms with Crippen LogP contribution in [0.5, 0.6) is 5.75 Å². The second-order valence-electron chi connectivity index (χ2n) is 9.32. The molecule has 0 spiro atoms. The summed E-state index contributed by atoms with van der Waals surface area (Å²) in [6, 6.07) is 13.3. The molecule has 2 aliphatic carbocycles. The number of hydrogen-bond donors (Lipinski definition) is 2. The van der Waals surface area contributed by atoms with Gasteiger partial charge >= 0.3 is 6.36 Å². The summed E-state index contributed by atoms with van der Waals surface area (Å²) in [5, 5.41) is 13.9. The van der Waals surface area contributed by atoms with Crippen LogP contribution in [0.2, 0.25) is 0 Å². The molecule has 32 heavy (non-hydrogen) atoms. The van der Waals surface area contributed by atoms with Crippen LogP contribution in [-0.4, -0.2) is 54.1 Å². The minimum Gasteiger partial charge on any atom is -0.406 e. The van der Waals surface area contributed by atoms with E-state index in [1.165, 1.54) is 29.3 Å². The Labute approximate surface area is 184 Å². The Morgan fingerprint density at radius 1 is 1.09 bits per heavy atom. The number of likely N-dealkylation sites (tertiary alicyclic amines) is 1. The minimum absolute atomic E-state index is 0.141. The Morgan fingerprint density at radius 3 is 2.38 bits per heavy atom. The summed E-state index contributed by atoms with van der Waals surface area (Å²) >= 11 is 0. The maximum Gasteiger partial charge on any atom is 0.573 e. The third-order valence-corrected chi connectivity index (χ3v) is 6.95. The summed E-state index contributed by atoms with van der Waals surface area (Å²) in [5.74, 6) is 0.541. The molecule has 5 rings (SSSR count). The molecular weight excluding hydrogens is 421 g/mol. The number of hydrogen-bond acceptors (Lipinski definition) is 4. The van der Waals surface area contributed by atoms with Gasteiger partial charge in [-0.05, 0) is 47.1 Å². The van der Waals surface area contributed by atoms with Crippen LogP contribution in [0.15, 0.2) is 48.5 Å². The average molecular weight is 446 g/mol. The van der Waals surface area contributed by atoms with Gasteiger partial charge in [0.05, 0.1) is 5.60 Å². The van der Waals surface area contributed by atoms with Gasteiger partial charge in [0, 0.05) is 44.6 Å². The quantitative estimate of drug-likeness (QED) is 0.716. The number of aliphatic hydroxyl groups is 1. The fourth-order valence-corrected chi connectivity index (χ4v) is 5.52. The molecule has 0 aromatic heterocycles. The highest BCUT2D eigenvalue weighted by Gasteiger charge is 2.56. The molecule has 2 aromatic carbocycles. The second-order valence-corrected chi connectivity index (χ2v) is 9.32. The summed E-state index contributed by atoms with van der Waals surface area (Å²) in [6.45, 7) is 2.96. The molecule has 2 fully saturated rings. The lowest BCUT2D eigenvalue weighted by Crippen LogP contribution is -2.44. The summed E-state index contributed by atoms with van der Waals surface area (Å²) in [5.41, 5.74) is 1.88. The summed E-state index contributed by atoms with van der Waals surface area (Å²) < 4.78 is 41.0. The highest BCUT2D eigenvalue weighted by Crippen LogP contribution is 2.51. The molecule has 0 bridgehead atoms. The van der Waals surface area contributed by atoms with Crippen LogP contribution in [0.25, 0.3) is 0 Å². The van der Waals surface area contributed by atoms with Gasteiger partial charge in [0.15, 0.2) is 0 Å². The number of carbonyl (C=O) groups is 1. The molecule has 2 N–H and O–H groups in total. The van der Waals surface area contributed by atoms with E-state index < -0.39 is 23.6 Å². The van der Waals surface area contributed by atoms with E-state index in [9.17, 15) is 23.1 Å². The standard InChI is InChI=1S/C24H25F3N2O3/c25-24(26,27)32-18-7-3-6-15(8-18)22(30)28-11-19-20-12-29(13-21(19)20)14-23(31)9-16-4-1-2-5-17(16)10-23/h1-8,19-21,31H,9-14H2,(H,28,30). The number of halogens is 3. The number of alkyl halides is 3. The van der Waals surface area contributed by atoms with Crippen LogP contribution in [0.3, 0.4) is 0 Å². The molecule has 5 nitrogen and oxygen atoms in total. The van der Waals surface area contributed by atoms with Crippen LogP contribution in [-0.2, 0) is 12.8 Å². The number of benzene rings is 2. The highest BCUT2D eigenvalue weighted by atomic mass is 19.4. The van der Waals surface area contributed by atoms with Crippen molar-refractivity contribution in [1.29, 1.82) is 0 Å². The molecular formula is C24H25F3N2O3. The van der Waals surface area contributed by atoms with E-state index in [1.807, 2.05) is 12.1 Å². The summed E-state index contributed by atoms with van der Waals surface area (Å²) in [6.07, 6.45) is -3.42. The van der Waals surface area contributed by atoms with Gasteiger partial charge in [-0.25, -0.2) is 0 Å². The van der Waals surface area contributed by atoms with Crippen molar-refractivity contribution >= 4 is 5.91 Å². The van der Waals surface area contributed by atoms with Gasteiger partial charge in [0.25, 0.3) is 5.91 Å². The molecule has 1 saturated heterocycles. The van der Waals surface area contributed by atoms with Crippen LogP contribution < -0.4 is 10.1 Å². The number of nitrogens with zero attached hydrogens (tertiary/aromatic N) is 1. The monoisotopic (exact) mass is 446 g/mol. The van der Waals surface area contributed by atoms with Gasteiger partial charge < -0.3 is 15.2 Å². The van der Waals surface area contributed by atoms with Gasteiger partial charge in [0.1, 0.15) is 5.75 Å². The first-order chi connectivity index (χ1) is 15.2. The number of ether oxygens (including phenoxy) is 1. The molecule has 170 valence electrons. The zero-order valence-corrected chi connectivity index (χ0v) is 17.4. The van der Waals surface area contributed by atoms with Crippen LogP contribution in [0, 0.1) is 17.8 Å². The molecule has 1 aliphatic heterocycles. The largest absolute Gasteiger partial charge is 0.573 e. The maximum atomic E-state index is 12.4. The lowest BCUT2D eigenvalue weighted by Gasteiger charge is -2.30. The van der Waals surface area contributed by atoms with Crippen molar-refractivity contribution in [3.63, 3.8) is 0 Å². The number of carbonyl (C=O) groups excluding carboxylic acids is 1. The van der Waals surface area contributed by atoms with Gasteiger partial charge in [-0.15, -0.1) is 13.2 Å². The van der Waals surface area contributed by atoms with E-state index in [2.05, 4.69) is 27.1 Å². The van der Waals surface area contributed by atoms with E-state index in [0.29, 0.717) is 43.7 Å². The fraction of sp³-hybridized carbons (Fsp3) is 0.458. The van der Waals surface area contributed by atoms with Crippen LogP contribution >= 0.6 is 0 Å². The van der Waals surface area contributed by atoms with Crippen molar-refractivity contribution in [2.75, 3.05) is 26.2 Å². The lowest BCUT2D eigenvalue weighted by molar-refractivity contribution is -0.274. The van der Waals surface area contributed by atoms with E-state index >= 15 is 0 Å². The number of fused-ring (bicyclic) bond motifs is 2. The normalized spacial score (nSPS) is 25.8. The van der Waals surface area contributed by atoms with Crippen LogP contribution in [0.4, 0.5) is 13.2 Å². The Bertz CT molecular complexity index is 989. The van der Waals surface area contributed by atoms with Gasteiger partial charge in [-0.1, -0.05) is 30.3 Å². The van der Waals surface area contributed by atoms with Crippen molar-refractivity contribution in [2.45, 2.75) is 24.8 Å². The zero-order valence-electron chi connectivity index (χ0n) is 17.4. The molecule has 2 unspecified atom stereocenters. The molecule has 1 saturated carbocycles. The van der Waals surface area contributed by atoms with Crippen molar-refractivity contribution in [3.05, 3.63) is 65.2 Å². The van der Waals surface area contributed by atoms with E-state index in [1.54, 1.807) is 0 Å². The molecule has 0 radical (unpaired) electrons. The fourth-order valence-electron chi connectivity index (χ4n) is 5.52. The number of piperidine rings is 1. The third kappa shape index (κ3) is 4.47. The van der Waals surface area contributed by atoms with Crippen molar-refractivity contribution < 1.29 is 27.8 Å². The molecule has 1 heterocycles. The molecule has 2 aromatic rings. The Hall–Kier alpha value is -2.58. The maximum absolute atomic E-state index is 12.4. The second kappa shape index (κ2) is 7.78. The molecule has 1 amide bonds. The number of β-amino-alcohol motifs (C(OH)–C–C–N with tert-alkyl or cyclic N) is 1. The summed E-state index contributed by atoms with van der Waals surface area (Å²) in [7, 11) is 0. The predicted octanol–water partition coefficient (Wildman–Crippen LogP) is 3.02. The highest BCUT2D eigenvalue weighted by molar-refractivity contribution is 5.94. The third-order valence-electron chi connectivity index (χ3n) is 6.95. The SMILES string of the molecule is O=C(NCC1C2CN(CC3(O)Cc4ccccc4C3)CC12)c1cccc(OC(F)(F)F)c1. The average Bonchev–Trinajstić information content (AvgIpc) is 3.04. The van der Waals surface area contributed by atoms with Crippen molar-refractivity contribution in [1.82, 2.24) is 10.2 Å². The zero-order chi connectivity index (χ0) is 22.5. The van der Waals surface area contributed by atoms with Crippen LogP contribution in [0.1, 0.15) is 21.5 Å². The lowest BCUT2D eigenvalue weighted by atomic mass is 9.99. The Morgan fingerprint density at radius 2 is 1.75 bits per heavy atom. The number of nitrogens with one attached hydrogen (secondary N) is 1. The molecule has 2 atom stereocenters. The Balaban J connectivity index is 1.08. The van der Waals surface area contributed by atoms with E-state index in [-0.39, 0.29) is 5.56 Å². The molecule has 8 heteroatoms. The van der Waals surface area contributed by atoms with Crippen molar-refractivity contribution in [2.24, 2.45) is 17.8 Å². The van der Waals surface area contributed by atoms with Gasteiger partial charge in [-0.2, -0.15) is 0 Å². The predicted molar refractivity (Wildman–Crippen MR) is 111 cm³/mol. The first kappa shape index (κ1) is 21.3. The number of amides is 1. The smallest absolute Gasteiger partial charge is 0.406 e. The first-order valence-electron chi connectivity index (χ1n) is 10.8. The molecule has 3 aliphatic rings. The van der Waals surface area contributed by atoms with E-state index in [0.717, 1.165) is 19.2 Å².